The van der Waals surface area contributed by atoms with Crippen molar-refractivity contribution in [2.75, 3.05) is 25.5 Å². The molecule has 16 heavy (non-hydrogen) atoms. The second kappa shape index (κ2) is 3.22. The van der Waals surface area contributed by atoms with Gasteiger partial charge < -0.3 is 15.4 Å². The Labute approximate surface area is 94.0 Å². The van der Waals surface area contributed by atoms with Gasteiger partial charge in [0.1, 0.15) is 5.75 Å². The van der Waals surface area contributed by atoms with Crippen molar-refractivity contribution in [2.45, 2.75) is 11.8 Å². The minimum Gasteiger partial charge on any atom is -0.497 e. The molecule has 84 valence electrons. The smallest absolute Gasteiger partial charge is 0.236 e. The number of hydrogen-bond donors (Lipinski definition) is 2. The molecular weight excluding hydrogens is 204 g/mol. The summed E-state index contributed by atoms with van der Waals surface area (Å²) in [6.45, 7) is 1.64. The fraction of sp³-hybridized carbons (Fsp3) is 0.417. The summed E-state index contributed by atoms with van der Waals surface area (Å²) in [4.78, 5) is 12.1. The normalized spacial score (nSPS) is 26.9. The number of carbonyl (C=O) groups is 1. The topological polar surface area (TPSA) is 50.4 Å². The van der Waals surface area contributed by atoms with Gasteiger partial charge in [0.25, 0.3) is 0 Å². The van der Waals surface area contributed by atoms with E-state index in [2.05, 4.69) is 10.6 Å². The molecule has 0 saturated carbocycles. The SMILES string of the molecule is COc1ccc2c(c1)NC(=O)C21CCNC1. The molecule has 4 heteroatoms. The van der Waals surface area contributed by atoms with Gasteiger partial charge in [0.05, 0.1) is 12.5 Å². The van der Waals surface area contributed by atoms with Crippen molar-refractivity contribution in [3.63, 3.8) is 0 Å². The second-order valence-corrected chi connectivity index (χ2v) is 4.37. The molecule has 0 bridgehead atoms. The minimum absolute atomic E-state index is 0.112. The van der Waals surface area contributed by atoms with Crippen LogP contribution in [0.2, 0.25) is 0 Å². The van der Waals surface area contributed by atoms with Gasteiger partial charge in [-0.3, -0.25) is 4.79 Å². The van der Waals surface area contributed by atoms with Crippen molar-refractivity contribution in [3.05, 3.63) is 23.8 Å². The van der Waals surface area contributed by atoms with Gasteiger partial charge in [-0.15, -0.1) is 0 Å². The first kappa shape index (κ1) is 9.66. The van der Waals surface area contributed by atoms with E-state index in [1.165, 1.54) is 0 Å². The zero-order valence-electron chi connectivity index (χ0n) is 9.17. The molecule has 2 aliphatic rings. The largest absolute Gasteiger partial charge is 0.497 e. The maximum Gasteiger partial charge on any atom is 0.236 e. The monoisotopic (exact) mass is 218 g/mol. The zero-order chi connectivity index (χ0) is 11.2. The van der Waals surface area contributed by atoms with E-state index in [0.29, 0.717) is 0 Å². The molecule has 1 aromatic carbocycles. The summed E-state index contributed by atoms with van der Waals surface area (Å²) < 4.78 is 5.16. The molecule has 1 aromatic rings. The van der Waals surface area contributed by atoms with Gasteiger partial charge in [-0.05, 0) is 24.6 Å². The highest BCUT2D eigenvalue weighted by molar-refractivity contribution is 6.06. The van der Waals surface area contributed by atoms with Crippen molar-refractivity contribution in [3.8, 4) is 5.75 Å². The van der Waals surface area contributed by atoms with Crippen molar-refractivity contribution in [2.24, 2.45) is 0 Å². The Morgan fingerprint density at radius 3 is 3.00 bits per heavy atom. The lowest BCUT2D eigenvalue weighted by molar-refractivity contribution is -0.120. The molecule has 0 aromatic heterocycles. The van der Waals surface area contributed by atoms with E-state index >= 15 is 0 Å². The van der Waals surface area contributed by atoms with E-state index in [9.17, 15) is 4.79 Å². The van der Waals surface area contributed by atoms with E-state index in [1.807, 2.05) is 18.2 Å². The quantitative estimate of drug-likeness (QED) is 0.735. The zero-order valence-corrected chi connectivity index (χ0v) is 9.17. The lowest BCUT2D eigenvalue weighted by Gasteiger charge is -2.19. The van der Waals surface area contributed by atoms with E-state index in [1.54, 1.807) is 7.11 Å². The maximum absolute atomic E-state index is 12.1. The number of carbonyl (C=O) groups excluding carboxylic acids is 1. The first-order chi connectivity index (χ1) is 7.76. The molecule has 2 heterocycles. The predicted octanol–water partition coefficient (Wildman–Crippen LogP) is 0.878. The lowest BCUT2D eigenvalue weighted by atomic mass is 9.81. The average Bonchev–Trinajstić information content (AvgIpc) is 2.88. The van der Waals surface area contributed by atoms with E-state index in [4.69, 9.17) is 4.74 Å². The van der Waals surface area contributed by atoms with Gasteiger partial charge in [-0.1, -0.05) is 6.07 Å². The molecule has 1 unspecified atom stereocenters. The Hall–Kier alpha value is -1.55. The Bertz CT molecular complexity index is 450. The number of nitrogens with one attached hydrogen (secondary N) is 2. The molecule has 3 rings (SSSR count). The van der Waals surface area contributed by atoms with Crippen LogP contribution in [0.4, 0.5) is 5.69 Å². The fourth-order valence-electron chi connectivity index (χ4n) is 2.65. The molecule has 2 aliphatic heterocycles. The third-order valence-electron chi connectivity index (χ3n) is 3.58. The molecule has 1 spiro atoms. The lowest BCUT2D eigenvalue weighted by Crippen LogP contribution is -2.36. The second-order valence-electron chi connectivity index (χ2n) is 4.37. The standard InChI is InChI=1S/C12H14N2O2/c1-16-8-2-3-9-10(6-8)14-11(15)12(9)4-5-13-7-12/h2-3,6,13H,4-5,7H2,1H3,(H,14,15). The first-order valence-corrected chi connectivity index (χ1v) is 5.47. The van der Waals surface area contributed by atoms with Crippen LogP contribution < -0.4 is 15.4 Å². The molecule has 0 radical (unpaired) electrons. The van der Waals surface area contributed by atoms with Crippen molar-refractivity contribution < 1.29 is 9.53 Å². The van der Waals surface area contributed by atoms with Crippen molar-refractivity contribution >= 4 is 11.6 Å². The van der Waals surface area contributed by atoms with Crippen molar-refractivity contribution in [1.82, 2.24) is 5.32 Å². The molecule has 1 saturated heterocycles. The summed E-state index contributed by atoms with van der Waals surface area (Å²) in [6, 6.07) is 5.80. The minimum atomic E-state index is -0.346. The van der Waals surface area contributed by atoms with E-state index in [0.717, 1.165) is 36.5 Å². The Morgan fingerprint density at radius 2 is 2.31 bits per heavy atom. The number of ether oxygens (including phenoxy) is 1. The first-order valence-electron chi connectivity index (χ1n) is 5.47. The Kier molecular flexibility index (Phi) is 1.94. The Balaban J connectivity index is 2.11. The molecular formula is C12H14N2O2. The maximum atomic E-state index is 12.1. The van der Waals surface area contributed by atoms with Crippen LogP contribution in [-0.2, 0) is 10.2 Å². The predicted molar refractivity (Wildman–Crippen MR) is 60.8 cm³/mol. The number of benzene rings is 1. The fourth-order valence-corrected chi connectivity index (χ4v) is 2.65. The van der Waals surface area contributed by atoms with E-state index in [-0.39, 0.29) is 11.3 Å². The number of methoxy groups -OCH3 is 1. The number of hydrogen-bond acceptors (Lipinski definition) is 3. The van der Waals surface area contributed by atoms with Gasteiger partial charge in [0.2, 0.25) is 5.91 Å². The summed E-state index contributed by atoms with van der Waals surface area (Å²) in [5.41, 5.74) is 1.65. The summed E-state index contributed by atoms with van der Waals surface area (Å²) in [6.07, 6.45) is 0.873. The molecule has 2 N–H and O–H groups in total. The summed E-state index contributed by atoms with van der Waals surface area (Å²) in [7, 11) is 1.63. The molecule has 1 atom stereocenters. The van der Waals surface area contributed by atoms with Crippen LogP contribution in [0.25, 0.3) is 0 Å². The van der Waals surface area contributed by atoms with Crippen LogP contribution in [-0.4, -0.2) is 26.1 Å². The van der Waals surface area contributed by atoms with Crippen LogP contribution in [0.5, 0.6) is 5.75 Å². The number of fused-ring (bicyclic) bond motifs is 2. The Morgan fingerprint density at radius 1 is 1.44 bits per heavy atom. The van der Waals surface area contributed by atoms with Gasteiger partial charge in [-0.25, -0.2) is 0 Å². The third-order valence-corrected chi connectivity index (χ3v) is 3.58. The van der Waals surface area contributed by atoms with Crippen LogP contribution in [0.15, 0.2) is 18.2 Å². The molecule has 1 fully saturated rings. The summed E-state index contributed by atoms with van der Waals surface area (Å²) in [5.74, 6) is 0.891. The summed E-state index contributed by atoms with van der Waals surface area (Å²) in [5, 5.41) is 6.21. The molecule has 1 amide bonds. The molecule has 0 aliphatic carbocycles. The molecule has 4 nitrogen and oxygen atoms in total. The van der Waals surface area contributed by atoms with Crippen LogP contribution in [0.3, 0.4) is 0 Å². The highest BCUT2D eigenvalue weighted by atomic mass is 16.5. The van der Waals surface area contributed by atoms with E-state index < -0.39 is 0 Å². The van der Waals surface area contributed by atoms with Gasteiger partial charge >= 0.3 is 0 Å². The van der Waals surface area contributed by atoms with Gasteiger partial charge in [0, 0.05) is 18.3 Å². The number of amides is 1. The van der Waals surface area contributed by atoms with Crippen LogP contribution in [0.1, 0.15) is 12.0 Å². The van der Waals surface area contributed by atoms with Crippen molar-refractivity contribution in [1.29, 1.82) is 0 Å². The van der Waals surface area contributed by atoms with Gasteiger partial charge in [0.15, 0.2) is 0 Å². The van der Waals surface area contributed by atoms with Gasteiger partial charge in [-0.2, -0.15) is 0 Å². The number of rotatable bonds is 1. The average molecular weight is 218 g/mol. The number of anilines is 1. The summed E-state index contributed by atoms with van der Waals surface area (Å²) >= 11 is 0. The third kappa shape index (κ3) is 1.10. The van der Waals surface area contributed by atoms with Crippen LogP contribution >= 0.6 is 0 Å². The highest BCUT2D eigenvalue weighted by Gasteiger charge is 2.48. The highest BCUT2D eigenvalue weighted by Crippen LogP contribution is 2.43. The van der Waals surface area contributed by atoms with Crippen LogP contribution in [0, 0.1) is 0 Å².